The van der Waals surface area contributed by atoms with Crippen molar-refractivity contribution in [3.8, 4) is 11.5 Å². The fourth-order valence-electron chi connectivity index (χ4n) is 2.42. The number of rotatable bonds is 8. The van der Waals surface area contributed by atoms with E-state index >= 15 is 0 Å². The summed E-state index contributed by atoms with van der Waals surface area (Å²) in [5, 5.41) is 5.78. The second kappa shape index (κ2) is 9.95. The van der Waals surface area contributed by atoms with E-state index in [2.05, 4.69) is 25.6 Å². The van der Waals surface area contributed by atoms with Gasteiger partial charge in [-0.25, -0.2) is 19.3 Å². The van der Waals surface area contributed by atoms with E-state index in [9.17, 15) is 9.18 Å². The lowest BCUT2D eigenvalue weighted by atomic mass is 10.2. The van der Waals surface area contributed by atoms with Crippen molar-refractivity contribution in [2.24, 2.45) is 0 Å². The molecule has 0 unspecified atom stereocenters. The molecule has 2 heterocycles. The number of anilines is 2. The van der Waals surface area contributed by atoms with E-state index in [0.29, 0.717) is 29.3 Å². The molecule has 0 bridgehead atoms. The first-order valence-corrected chi connectivity index (χ1v) is 9.36. The second-order valence-corrected chi connectivity index (χ2v) is 6.97. The van der Waals surface area contributed by atoms with Crippen molar-refractivity contribution in [3.05, 3.63) is 65.7 Å². The Morgan fingerprint density at radius 1 is 1.37 bits per heavy atom. The summed E-state index contributed by atoms with van der Waals surface area (Å²) in [6, 6.07) is 4.24. The predicted octanol–water partition coefficient (Wildman–Crippen LogP) is 3.40. The molecule has 1 amide bonds. The highest BCUT2D eigenvalue weighted by Gasteiger charge is 2.14. The van der Waals surface area contributed by atoms with Crippen LogP contribution in [0.15, 0.2) is 53.6 Å². The number of likely N-dealkylation sites (N-methyl/N-ethyl adjacent to an activating group) is 1. The average molecular weight is 431 g/mol. The molecule has 0 saturated heterocycles. The Morgan fingerprint density at radius 2 is 2.20 bits per heavy atom. The molecule has 0 radical (unpaired) electrons. The number of nitrogens with zero attached hydrogens (tertiary/aromatic N) is 4. The molecule has 0 spiro atoms. The van der Waals surface area contributed by atoms with Crippen LogP contribution in [0.5, 0.6) is 0 Å². The van der Waals surface area contributed by atoms with E-state index in [1.165, 1.54) is 36.9 Å². The van der Waals surface area contributed by atoms with Crippen LogP contribution in [0, 0.1) is 5.82 Å². The van der Waals surface area contributed by atoms with Gasteiger partial charge in [-0.05, 0) is 32.3 Å². The monoisotopic (exact) mass is 430 g/mol. The van der Waals surface area contributed by atoms with Crippen molar-refractivity contribution in [1.29, 1.82) is 0 Å². The molecule has 0 aliphatic heterocycles. The molecular formula is C20H20ClFN6O2. The molecule has 0 aliphatic rings. The quantitative estimate of drug-likeness (QED) is 0.528. The molecule has 0 fully saturated rings. The minimum Gasteiger partial charge on any atom is -0.444 e. The number of aromatic nitrogens is 3. The van der Waals surface area contributed by atoms with Crippen LogP contribution in [0.2, 0.25) is 5.02 Å². The maximum absolute atomic E-state index is 13.4. The van der Waals surface area contributed by atoms with Crippen molar-refractivity contribution in [1.82, 2.24) is 25.2 Å². The van der Waals surface area contributed by atoms with Gasteiger partial charge in [-0.15, -0.1) is 0 Å². The average Bonchev–Trinajstić information content (AvgIpc) is 3.18. The first kappa shape index (κ1) is 21.4. The topological polar surface area (TPSA) is 96.2 Å². The van der Waals surface area contributed by atoms with Crippen LogP contribution in [-0.2, 0) is 11.3 Å². The van der Waals surface area contributed by atoms with Crippen LogP contribution >= 0.6 is 11.6 Å². The molecule has 156 valence electrons. The van der Waals surface area contributed by atoms with Crippen molar-refractivity contribution in [3.63, 3.8) is 0 Å². The molecule has 3 rings (SSSR count). The lowest BCUT2D eigenvalue weighted by Crippen LogP contribution is -2.21. The van der Waals surface area contributed by atoms with Gasteiger partial charge in [0.25, 0.3) is 0 Å². The van der Waals surface area contributed by atoms with E-state index < -0.39 is 5.82 Å². The normalized spacial score (nSPS) is 11.2. The van der Waals surface area contributed by atoms with Gasteiger partial charge in [0.1, 0.15) is 24.2 Å². The molecule has 8 nitrogen and oxygen atoms in total. The number of carbonyl (C=O) groups is 1. The smallest absolute Gasteiger partial charge is 0.244 e. The summed E-state index contributed by atoms with van der Waals surface area (Å²) in [7, 11) is 3.83. The van der Waals surface area contributed by atoms with Crippen molar-refractivity contribution >= 4 is 29.0 Å². The Labute approximate surface area is 177 Å². The molecule has 0 aliphatic carbocycles. The van der Waals surface area contributed by atoms with E-state index in [1.807, 2.05) is 19.0 Å². The number of amides is 1. The zero-order chi connectivity index (χ0) is 21.5. The highest BCUT2D eigenvalue weighted by atomic mass is 35.5. The zero-order valence-corrected chi connectivity index (χ0v) is 17.2. The van der Waals surface area contributed by atoms with Gasteiger partial charge < -0.3 is 20.0 Å². The zero-order valence-electron chi connectivity index (χ0n) is 16.4. The molecule has 2 N–H and O–H groups in total. The first-order chi connectivity index (χ1) is 14.4. The first-order valence-electron chi connectivity index (χ1n) is 8.98. The number of benzene rings is 1. The van der Waals surface area contributed by atoms with Crippen molar-refractivity contribution in [2.45, 2.75) is 6.54 Å². The summed E-state index contributed by atoms with van der Waals surface area (Å²) >= 11 is 5.83. The molecule has 1 aromatic carbocycles. The van der Waals surface area contributed by atoms with Gasteiger partial charge in [-0.2, -0.15) is 0 Å². The fraction of sp³-hybridized carbons (Fsp3) is 0.200. The number of oxazole rings is 1. The molecular weight excluding hydrogens is 411 g/mol. The lowest BCUT2D eigenvalue weighted by molar-refractivity contribution is -0.116. The molecule has 30 heavy (non-hydrogen) atoms. The third-order valence-corrected chi connectivity index (χ3v) is 4.15. The SMILES string of the molecule is CN(C)C/C=C/C(=O)NCc1coc(-c2cncnc2Nc2ccc(F)c(Cl)c2)n1. The summed E-state index contributed by atoms with van der Waals surface area (Å²) in [6.45, 7) is 0.878. The van der Waals surface area contributed by atoms with Crippen LogP contribution < -0.4 is 10.6 Å². The van der Waals surface area contributed by atoms with Crippen LogP contribution in [0.1, 0.15) is 5.69 Å². The third-order valence-electron chi connectivity index (χ3n) is 3.86. The number of carbonyl (C=O) groups excluding carboxylic acids is 1. The van der Waals surface area contributed by atoms with Gasteiger partial charge in [0.2, 0.25) is 11.8 Å². The number of nitrogens with one attached hydrogen (secondary N) is 2. The second-order valence-electron chi connectivity index (χ2n) is 6.57. The molecule has 3 aromatic rings. The van der Waals surface area contributed by atoms with Crippen LogP contribution in [0.4, 0.5) is 15.9 Å². The summed E-state index contributed by atoms with van der Waals surface area (Å²) in [5.41, 5.74) is 1.59. The van der Waals surface area contributed by atoms with E-state index in [-0.39, 0.29) is 23.4 Å². The summed E-state index contributed by atoms with van der Waals surface area (Å²) in [5.74, 6) is -0.0449. The number of hydrogen-bond acceptors (Lipinski definition) is 7. The Balaban J connectivity index is 1.69. The molecule has 0 saturated carbocycles. The maximum atomic E-state index is 13.4. The number of hydrogen-bond donors (Lipinski definition) is 2. The maximum Gasteiger partial charge on any atom is 0.244 e. The predicted molar refractivity (Wildman–Crippen MR) is 112 cm³/mol. The minimum atomic E-state index is -0.513. The third kappa shape index (κ3) is 5.85. The van der Waals surface area contributed by atoms with E-state index in [0.717, 1.165) is 0 Å². The Morgan fingerprint density at radius 3 is 2.97 bits per heavy atom. The van der Waals surface area contributed by atoms with Gasteiger partial charge in [0.15, 0.2) is 0 Å². The van der Waals surface area contributed by atoms with Gasteiger partial charge >= 0.3 is 0 Å². The summed E-state index contributed by atoms with van der Waals surface area (Å²) in [6.07, 6.45) is 7.59. The van der Waals surface area contributed by atoms with Gasteiger partial charge in [-0.1, -0.05) is 17.7 Å². The highest BCUT2D eigenvalue weighted by Crippen LogP contribution is 2.28. The van der Waals surface area contributed by atoms with Gasteiger partial charge in [0.05, 0.1) is 22.8 Å². The Hall–Kier alpha value is -3.30. The Bertz CT molecular complexity index is 1050. The van der Waals surface area contributed by atoms with Crippen LogP contribution in [0.3, 0.4) is 0 Å². The van der Waals surface area contributed by atoms with Crippen molar-refractivity contribution in [2.75, 3.05) is 26.0 Å². The fourth-order valence-corrected chi connectivity index (χ4v) is 2.60. The summed E-state index contributed by atoms with van der Waals surface area (Å²) in [4.78, 5) is 26.4. The largest absolute Gasteiger partial charge is 0.444 e. The van der Waals surface area contributed by atoms with Gasteiger partial charge in [0, 0.05) is 24.5 Å². The molecule has 2 aromatic heterocycles. The van der Waals surface area contributed by atoms with E-state index in [1.54, 1.807) is 12.3 Å². The minimum absolute atomic E-state index is 0.00983. The lowest BCUT2D eigenvalue weighted by Gasteiger charge is -2.08. The number of halogens is 2. The Kier molecular flexibility index (Phi) is 7.10. The molecule has 10 heteroatoms. The van der Waals surface area contributed by atoms with Crippen LogP contribution in [0.25, 0.3) is 11.5 Å². The highest BCUT2D eigenvalue weighted by molar-refractivity contribution is 6.31. The summed E-state index contributed by atoms with van der Waals surface area (Å²) < 4.78 is 18.9. The van der Waals surface area contributed by atoms with E-state index in [4.69, 9.17) is 16.0 Å². The van der Waals surface area contributed by atoms with Crippen LogP contribution in [-0.4, -0.2) is 46.4 Å². The standard InChI is InChI=1S/C20H20ClFN6O2/c1-28(2)7-3-4-18(29)24-9-14-11-30-20(27-14)15-10-23-12-25-19(15)26-13-5-6-17(22)16(21)8-13/h3-6,8,10-12H,7,9H2,1-2H3,(H,24,29)(H,23,25,26)/b4-3+. The molecule has 0 atom stereocenters. The van der Waals surface area contributed by atoms with Crippen molar-refractivity contribution < 1.29 is 13.6 Å². The van der Waals surface area contributed by atoms with Gasteiger partial charge in [-0.3, -0.25) is 4.79 Å².